The molecule has 0 aliphatic carbocycles. The van der Waals surface area contributed by atoms with Gasteiger partial charge in [0.25, 0.3) is 5.97 Å². The van der Waals surface area contributed by atoms with Crippen molar-refractivity contribution in [3.8, 4) is 0 Å². The van der Waals surface area contributed by atoms with Crippen molar-refractivity contribution in [3.63, 3.8) is 0 Å². The van der Waals surface area contributed by atoms with Crippen LogP contribution in [0.1, 0.15) is 130 Å². The molecule has 1 aliphatic rings. The van der Waals surface area contributed by atoms with Crippen molar-refractivity contribution >= 4 is 0 Å². The van der Waals surface area contributed by atoms with Crippen LogP contribution in [0, 0.1) is 0 Å². The Balaban J connectivity index is 2.14. The summed E-state index contributed by atoms with van der Waals surface area (Å²) in [6.45, 7) is 12.2. The Kier molecular flexibility index (Phi) is 20.9. The highest BCUT2D eigenvalue weighted by Gasteiger charge is 2.32. The summed E-state index contributed by atoms with van der Waals surface area (Å²) in [5.74, 6) is -0.820. The van der Waals surface area contributed by atoms with Crippen molar-refractivity contribution < 1.29 is 14.2 Å². The Morgan fingerprint density at radius 3 is 1.54 bits per heavy atom. The lowest BCUT2D eigenvalue weighted by atomic mass is 10.1. The summed E-state index contributed by atoms with van der Waals surface area (Å²) in [4.78, 5) is 4.80. The number of rotatable bonds is 25. The second-order valence-electron chi connectivity index (χ2n) is 10.4. The minimum absolute atomic E-state index is 0.723. The van der Waals surface area contributed by atoms with Gasteiger partial charge in [-0.05, 0) is 38.3 Å². The van der Waals surface area contributed by atoms with Crippen molar-refractivity contribution in [1.29, 1.82) is 0 Å². The molecule has 0 saturated carbocycles. The van der Waals surface area contributed by atoms with Gasteiger partial charge in [-0.2, -0.15) is 0 Å². The predicted octanol–water partition coefficient (Wildman–Crippen LogP) is 8.10. The molecule has 0 aromatic rings. The van der Waals surface area contributed by atoms with E-state index in [0.717, 1.165) is 84.4 Å². The maximum Gasteiger partial charge on any atom is 0.282 e. The zero-order valence-corrected chi connectivity index (χ0v) is 24.0. The molecule has 35 heavy (non-hydrogen) atoms. The molecule has 5 heteroatoms. The van der Waals surface area contributed by atoms with E-state index in [-0.39, 0.29) is 0 Å². The summed E-state index contributed by atoms with van der Waals surface area (Å²) < 4.78 is 18.7. The van der Waals surface area contributed by atoms with Crippen LogP contribution in [-0.4, -0.2) is 62.4 Å². The minimum atomic E-state index is -0.820. The smallest absolute Gasteiger partial charge is 0.282 e. The third kappa shape index (κ3) is 17.5. The summed E-state index contributed by atoms with van der Waals surface area (Å²) >= 11 is 0. The highest BCUT2D eigenvalue weighted by Crippen LogP contribution is 2.26. The third-order valence-electron chi connectivity index (χ3n) is 6.81. The average Bonchev–Trinajstić information content (AvgIpc) is 2.85. The van der Waals surface area contributed by atoms with E-state index in [1.807, 2.05) is 0 Å². The molecule has 0 saturated heterocycles. The van der Waals surface area contributed by atoms with Gasteiger partial charge in [-0.3, -0.25) is 4.90 Å². The Labute approximate surface area is 218 Å². The van der Waals surface area contributed by atoms with Crippen LogP contribution in [0.4, 0.5) is 0 Å². The van der Waals surface area contributed by atoms with E-state index in [1.54, 1.807) is 0 Å². The molecule has 0 spiro atoms. The Hall–Kier alpha value is -0.620. The highest BCUT2D eigenvalue weighted by atomic mass is 16.9. The van der Waals surface area contributed by atoms with E-state index in [2.05, 4.69) is 49.9 Å². The first-order valence-electron chi connectivity index (χ1n) is 15.2. The zero-order valence-electron chi connectivity index (χ0n) is 24.0. The number of hydrogen-bond donors (Lipinski definition) is 0. The molecule has 1 aliphatic heterocycles. The van der Waals surface area contributed by atoms with E-state index in [1.165, 1.54) is 64.3 Å². The van der Waals surface area contributed by atoms with Gasteiger partial charge in [0.15, 0.2) is 0 Å². The molecular formula is C30H60N2O3. The average molecular weight is 497 g/mol. The molecule has 208 valence electrons. The topological polar surface area (TPSA) is 34.2 Å². The molecule has 0 bridgehead atoms. The van der Waals surface area contributed by atoms with Crippen molar-refractivity contribution in [1.82, 2.24) is 9.80 Å². The van der Waals surface area contributed by atoms with Gasteiger partial charge in [0.1, 0.15) is 0 Å². The van der Waals surface area contributed by atoms with E-state index in [0.29, 0.717) is 0 Å². The van der Waals surface area contributed by atoms with Crippen LogP contribution in [0.25, 0.3) is 0 Å². The highest BCUT2D eigenvalue weighted by molar-refractivity contribution is 4.88. The first-order valence-corrected chi connectivity index (χ1v) is 15.2. The standard InChI is InChI=1S/C30H60N2O3/c1-5-8-26-33-30(34-27-9-6-2,35-28-10-7-3)22-19-17-15-13-11-12-14-16-18-20-24-32-25-21-23-31(4)29-32/h21,23H,5-20,22,24-29H2,1-4H3. The fraction of sp³-hybridized carbons (Fsp3) is 0.933. The molecular weight excluding hydrogens is 436 g/mol. The molecule has 0 radical (unpaired) electrons. The molecule has 0 aromatic carbocycles. The predicted molar refractivity (Wildman–Crippen MR) is 149 cm³/mol. The summed E-state index contributed by atoms with van der Waals surface area (Å²) in [6.07, 6.45) is 25.2. The first kappa shape index (κ1) is 32.4. The normalized spacial score (nSPS) is 14.8. The molecule has 0 fully saturated rings. The van der Waals surface area contributed by atoms with Gasteiger partial charge in [-0.25, -0.2) is 0 Å². The van der Waals surface area contributed by atoms with E-state index < -0.39 is 5.97 Å². The molecule has 0 amide bonds. The zero-order chi connectivity index (χ0) is 25.5. The fourth-order valence-electron chi connectivity index (χ4n) is 4.51. The number of ether oxygens (including phenoxy) is 3. The van der Waals surface area contributed by atoms with E-state index in [4.69, 9.17) is 14.2 Å². The SMILES string of the molecule is CCCCOC(CCCCCCCCCCCCN1CC=CN(C)C1)(OCCCC)OCCCC. The Morgan fingerprint density at radius 2 is 1.09 bits per heavy atom. The lowest BCUT2D eigenvalue weighted by Crippen LogP contribution is -2.40. The van der Waals surface area contributed by atoms with Crippen molar-refractivity contribution in [2.45, 2.75) is 136 Å². The van der Waals surface area contributed by atoms with Gasteiger partial charge < -0.3 is 19.1 Å². The van der Waals surface area contributed by atoms with Crippen LogP contribution >= 0.6 is 0 Å². The van der Waals surface area contributed by atoms with Gasteiger partial charge in [0, 0.05) is 26.6 Å². The fourth-order valence-corrected chi connectivity index (χ4v) is 4.51. The summed E-state index contributed by atoms with van der Waals surface area (Å²) in [6, 6.07) is 0. The van der Waals surface area contributed by atoms with Crippen LogP contribution < -0.4 is 0 Å². The molecule has 5 nitrogen and oxygen atoms in total. The number of nitrogens with zero attached hydrogens (tertiary/aromatic N) is 2. The molecule has 0 unspecified atom stereocenters. The lowest BCUT2D eigenvalue weighted by molar-refractivity contribution is -0.384. The van der Waals surface area contributed by atoms with Crippen LogP contribution in [0.15, 0.2) is 12.3 Å². The second kappa shape index (κ2) is 22.6. The second-order valence-corrected chi connectivity index (χ2v) is 10.4. The lowest BCUT2D eigenvalue weighted by Gasteiger charge is -2.33. The van der Waals surface area contributed by atoms with E-state index in [9.17, 15) is 0 Å². The summed E-state index contributed by atoms with van der Waals surface area (Å²) in [5, 5.41) is 0. The third-order valence-corrected chi connectivity index (χ3v) is 6.81. The molecule has 1 rings (SSSR count). The molecule has 0 N–H and O–H groups in total. The van der Waals surface area contributed by atoms with Gasteiger partial charge in [-0.1, -0.05) is 97.5 Å². The molecule has 0 aromatic heterocycles. The van der Waals surface area contributed by atoms with Crippen LogP contribution in [0.2, 0.25) is 0 Å². The molecule has 1 heterocycles. The summed E-state index contributed by atoms with van der Waals surface area (Å²) in [7, 11) is 2.16. The minimum Gasteiger partial charge on any atom is -0.368 e. The Morgan fingerprint density at radius 1 is 0.629 bits per heavy atom. The van der Waals surface area contributed by atoms with Crippen molar-refractivity contribution in [3.05, 3.63) is 12.3 Å². The van der Waals surface area contributed by atoms with Crippen molar-refractivity contribution in [2.24, 2.45) is 0 Å². The maximum atomic E-state index is 6.25. The van der Waals surface area contributed by atoms with Crippen LogP contribution in [-0.2, 0) is 14.2 Å². The quantitative estimate of drug-likeness (QED) is 0.0942. The van der Waals surface area contributed by atoms with Gasteiger partial charge in [0.05, 0.1) is 26.5 Å². The van der Waals surface area contributed by atoms with Crippen molar-refractivity contribution in [2.75, 3.05) is 46.6 Å². The van der Waals surface area contributed by atoms with E-state index >= 15 is 0 Å². The van der Waals surface area contributed by atoms with Crippen LogP contribution in [0.3, 0.4) is 0 Å². The summed E-state index contributed by atoms with van der Waals surface area (Å²) in [5.41, 5.74) is 0. The number of unbranched alkanes of at least 4 members (excludes halogenated alkanes) is 12. The maximum absolute atomic E-state index is 6.25. The Bertz CT molecular complexity index is 460. The van der Waals surface area contributed by atoms with Gasteiger partial charge in [-0.15, -0.1) is 0 Å². The number of hydrogen-bond acceptors (Lipinski definition) is 5. The monoisotopic (exact) mass is 496 g/mol. The first-order chi connectivity index (χ1) is 17.2. The van der Waals surface area contributed by atoms with Crippen LogP contribution in [0.5, 0.6) is 0 Å². The van der Waals surface area contributed by atoms with Gasteiger partial charge in [0.2, 0.25) is 0 Å². The largest absolute Gasteiger partial charge is 0.368 e. The molecule has 0 atom stereocenters. The van der Waals surface area contributed by atoms with Gasteiger partial charge >= 0.3 is 0 Å².